The molecule has 0 saturated carbocycles. The Bertz CT molecular complexity index is 395. The Morgan fingerprint density at radius 1 is 1.64 bits per heavy atom. The summed E-state index contributed by atoms with van der Waals surface area (Å²) >= 11 is 0. The molecular formula is C9H12N2O3. The van der Waals surface area contributed by atoms with Crippen molar-refractivity contribution in [3.63, 3.8) is 0 Å². The van der Waals surface area contributed by atoms with Crippen LogP contribution < -0.4 is 5.56 Å². The summed E-state index contributed by atoms with van der Waals surface area (Å²) in [6.45, 7) is 1.65. The summed E-state index contributed by atoms with van der Waals surface area (Å²) in [6, 6.07) is 3.16. The molecule has 0 spiro atoms. The molecule has 0 aliphatic heterocycles. The van der Waals surface area contributed by atoms with Crippen LogP contribution in [-0.4, -0.2) is 27.8 Å². The molecule has 76 valence electrons. The van der Waals surface area contributed by atoms with E-state index in [4.69, 9.17) is 5.21 Å². The third-order valence-electron chi connectivity index (χ3n) is 1.82. The number of hydrogen-bond acceptors (Lipinski definition) is 3. The SMILES string of the molecule is Cc1ccn(CC(=O)N(C)O)c(=O)c1. The maximum absolute atomic E-state index is 11.3. The Kier molecular flexibility index (Phi) is 3.03. The van der Waals surface area contributed by atoms with Gasteiger partial charge in [0.15, 0.2) is 0 Å². The number of hydrogen-bond donors (Lipinski definition) is 1. The summed E-state index contributed by atoms with van der Waals surface area (Å²) in [7, 11) is 1.22. The van der Waals surface area contributed by atoms with E-state index in [1.807, 2.05) is 0 Å². The lowest BCUT2D eigenvalue weighted by molar-refractivity contribution is -0.160. The Hall–Kier alpha value is -1.62. The van der Waals surface area contributed by atoms with Crippen molar-refractivity contribution in [3.8, 4) is 0 Å². The highest BCUT2D eigenvalue weighted by Crippen LogP contribution is 1.91. The van der Waals surface area contributed by atoms with E-state index in [2.05, 4.69) is 0 Å². The van der Waals surface area contributed by atoms with Crippen molar-refractivity contribution < 1.29 is 10.0 Å². The first-order valence-electron chi connectivity index (χ1n) is 4.13. The first kappa shape index (κ1) is 10.5. The van der Waals surface area contributed by atoms with Crippen molar-refractivity contribution >= 4 is 5.91 Å². The van der Waals surface area contributed by atoms with Crippen LogP contribution in [0.5, 0.6) is 0 Å². The minimum absolute atomic E-state index is 0.147. The highest BCUT2D eigenvalue weighted by atomic mass is 16.5. The van der Waals surface area contributed by atoms with Gasteiger partial charge in [0.2, 0.25) is 0 Å². The van der Waals surface area contributed by atoms with Gasteiger partial charge in [0.1, 0.15) is 6.54 Å². The van der Waals surface area contributed by atoms with Gasteiger partial charge in [-0.2, -0.15) is 0 Å². The van der Waals surface area contributed by atoms with E-state index in [1.165, 1.54) is 23.9 Å². The quantitative estimate of drug-likeness (QED) is 0.535. The third kappa shape index (κ3) is 2.43. The van der Waals surface area contributed by atoms with Crippen LogP contribution in [0.15, 0.2) is 23.1 Å². The molecule has 0 aliphatic carbocycles. The monoisotopic (exact) mass is 196 g/mol. The lowest BCUT2D eigenvalue weighted by Gasteiger charge is -2.09. The van der Waals surface area contributed by atoms with Gasteiger partial charge in [-0.25, -0.2) is 5.06 Å². The number of carbonyl (C=O) groups is 1. The molecule has 14 heavy (non-hydrogen) atoms. The predicted molar refractivity (Wildman–Crippen MR) is 50.0 cm³/mol. The van der Waals surface area contributed by atoms with E-state index in [1.54, 1.807) is 13.0 Å². The molecule has 0 radical (unpaired) electrons. The van der Waals surface area contributed by atoms with Crippen LogP contribution in [0.1, 0.15) is 5.56 Å². The maximum atomic E-state index is 11.3. The second-order valence-corrected chi connectivity index (χ2v) is 3.09. The number of amides is 1. The molecular weight excluding hydrogens is 184 g/mol. The summed E-state index contributed by atoms with van der Waals surface area (Å²) in [5.41, 5.74) is 0.594. The van der Waals surface area contributed by atoms with Gasteiger partial charge < -0.3 is 4.57 Å². The van der Waals surface area contributed by atoms with Crippen molar-refractivity contribution in [3.05, 3.63) is 34.2 Å². The molecule has 0 aromatic carbocycles. The number of likely N-dealkylation sites (N-methyl/N-ethyl adjacent to an activating group) is 1. The molecule has 1 N–H and O–H groups in total. The normalized spacial score (nSPS) is 9.93. The van der Waals surface area contributed by atoms with Gasteiger partial charge in [0.25, 0.3) is 11.5 Å². The standard InChI is InChI=1S/C9H12N2O3/c1-7-3-4-11(8(12)5-7)6-9(13)10(2)14/h3-5,14H,6H2,1-2H3. The van der Waals surface area contributed by atoms with Crippen LogP contribution in [0.3, 0.4) is 0 Å². The van der Waals surface area contributed by atoms with E-state index in [0.717, 1.165) is 5.56 Å². The molecule has 5 nitrogen and oxygen atoms in total. The first-order valence-corrected chi connectivity index (χ1v) is 4.13. The number of aromatic nitrogens is 1. The van der Waals surface area contributed by atoms with Crippen LogP contribution in [0.25, 0.3) is 0 Å². The van der Waals surface area contributed by atoms with Crippen molar-refractivity contribution in [1.82, 2.24) is 9.63 Å². The zero-order valence-corrected chi connectivity index (χ0v) is 8.10. The second kappa shape index (κ2) is 4.06. The lowest BCUT2D eigenvalue weighted by atomic mass is 10.3. The van der Waals surface area contributed by atoms with Gasteiger partial charge >= 0.3 is 0 Å². The van der Waals surface area contributed by atoms with Gasteiger partial charge in [-0.15, -0.1) is 0 Å². The van der Waals surface area contributed by atoms with Crippen molar-refractivity contribution in [1.29, 1.82) is 0 Å². The molecule has 0 atom stereocenters. The predicted octanol–water partition coefficient (Wildman–Crippen LogP) is 0.00432. The largest absolute Gasteiger partial charge is 0.306 e. The van der Waals surface area contributed by atoms with Crippen molar-refractivity contribution in [2.45, 2.75) is 13.5 Å². The molecule has 1 rings (SSSR count). The summed E-state index contributed by atoms with van der Waals surface area (Å²) in [5, 5.41) is 9.26. The van der Waals surface area contributed by atoms with Gasteiger partial charge in [-0.3, -0.25) is 14.8 Å². The zero-order chi connectivity index (χ0) is 10.7. The van der Waals surface area contributed by atoms with E-state index in [-0.39, 0.29) is 12.1 Å². The molecule has 0 bridgehead atoms. The first-order chi connectivity index (χ1) is 6.50. The van der Waals surface area contributed by atoms with Crippen LogP contribution in [0.2, 0.25) is 0 Å². The molecule has 0 aliphatic rings. The number of aryl methyl sites for hydroxylation is 1. The molecule has 0 unspecified atom stereocenters. The number of pyridine rings is 1. The van der Waals surface area contributed by atoms with Crippen molar-refractivity contribution in [2.24, 2.45) is 0 Å². The van der Waals surface area contributed by atoms with Gasteiger partial charge in [-0.1, -0.05) is 0 Å². The second-order valence-electron chi connectivity index (χ2n) is 3.09. The van der Waals surface area contributed by atoms with Gasteiger partial charge in [-0.05, 0) is 18.6 Å². The van der Waals surface area contributed by atoms with Crippen molar-refractivity contribution in [2.75, 3.05) is 7.05 Å². The van der Waals surface area contributed by atoms with E-state index < -0.39 is 5.91 Å². The topological polar surface area (TPSA) is 62.5 Å². The van der Waals surface area contributed by atoms with Crippen LogP contribution in [0.4, 0.5) is 0 Å². The Balaban J connectivity index is 2.88. The summed E-state index contributed by atoms with van der Waals surface area (Å²) < 4.78 is 1.24. The highest BCUT2D eigenvalue weighted by Gasteiger charge is 2.07. The fraction of sp³-hybridized carbons (Fsp3) is 0.333. The maximum Gasteiger partial charge on any atom is 0.265 e. The lowest BCUT2D eigenvalue weighted by Crippen LogP contribution is -2.31. The number of rotatable bonds is 2. The summed E-state index contributed by atoms with van der Waals surface area (Å²) in [6.07, 6.45) is 1.53. The number of hydroxylamine groups is 2. The van der Waals surface area contributed by atoms with Gasteiger partial charge in [0, 0.05) is 19.3 Å². The third-order valence-corrected chi connectivity index (χ3v) is 1.82. The van der Waals surface area contributed by atoms with E-state index in [9.17, 15) is 9.59 Å². The summed E-state index contributed by atoms with van der Waals surface area (Å²) in [4.78, 5) is 22.4. The van der Waals surface area contributed by atoms with E-state index in [0.29, 0.717) is 5.06 Å². The van der Waals surface area contributed by atoms with Crippen LogP contribution in [0, 0.1) is 6.92 Å². The average molecular weight is 196 g/mol. The highest BCUT2D eigenvalue weighted by molar-refractivity contribution is 5.74. The summed E-state index contributed by atoms with van der Waals surface area (Å²) in [5.74, 6) is -0.532. The zero-order valence-electron chi connectivity index (χ0n) is 8.10. The molecule has 5 heteroatoms. The van der Waals surface area contributed by atoms with Gasteiger partial charge in [0.05, 0.1) is 0 Å². The van der Waals surface area contributed by atoms with Crippen LogP contribution in [-0.2, 0) is 11.3 Å². The molecule has 0 fully saturated rings. The fourth-order valence-corrected chi connectivity index (χ4v) is 0.985. The number of nitrogens with zero attached hydrogens (tertiary/aromatic N) is 2. The minimum atomic E-state index is -0.532. The average Bonchev–Trinajstić information content (AvgIpc) is 2.09. The Labute approximate surface area is 81.2 Å². The van der Waals surface area contributed by atoms with E-state index >= 15 is 0 Å². The molecule has 0 saturated heterocycles. The number of carbonyl (C=O) groups excluding carboxylic acids is 1. The Morgan fingerprint density at radius 3 is 2.79 bits per heavy atom. The smallest absolute Gasteiger partial charge is 0.265 e. The van der Waals surface area contributed by atoms with Crippen LogP contribution >= 0.6 is 0 Å². The fourth-order valence-electron chi connectivity index (χ4n) is 0.985. The molecule has 1 aromatic heterocycles. The molecule has 1 heterocycles. The molecule has 1 amide bonds. The molecule has 1 aromatic rings. The minimum Gasteiger partial charge on any atom is -0.306 e. The Morgan fingerprint density at radius 2 is 2.29 bits per heavy atom.